The summed E-state index contributed by atoms with van der Waals surface area (Å²) in [4.78, 5) is 14.6. The van der Waals surface area contributed by atoms with Crippen LogP contribution in [0.15, 0.2) is 12.2 Å². The molecule has 268 valence electrons. The zero-order valence-electron chi connectivity index (χ0n) is 30.9. The first-order chi connectivity index (χ1) is 22.0. The van der Waals surface area contributed by atoms with Crippen molar-refractivity contribution in [2.45, 2.75) is 219 Å². The van der Waals surface area contributed by atoms with Crippen molar-refractivity contribution in [3.63, 3.8) is 0 Å². The largest absolute Gasteiger partial charge is 0.394 e. The first-order valence-electron chi connectivity index (χ1n) is 20.3. The maximum absolute atomic E-state index is 12.9. The molecule has 0 fully saturated rings. The molecule has 0 bridgehead atoms. The van der Waals surface area contributed by atoms with E-state index in [1.54, 1.807) is 11.0 Å². The fourth-order valence-electron chi connectivity index (χ4n) is 6.38. The van der Waals surface area contributed by atoms with Crippen molar-refractivity contribution in [1.29, 1.82) is 0 Å². The minimum absolute atomic E-state index is 0.0272. The summed E-state index contributed by atoms with van der Waals surface area (Å²) >= 11 is 0. The van der Waals surface area contributed by atoms with Gasteiger partial charge in [-0.2, -0.15) is 0 Å². The first kappa shape index (κ1) is 44.1. The summed E-state index contributed by atoms with van der Waals surface area (Å²) in [6, 6.07) is 0. The van der Waals surface area contributed by atoms with Gasteiger partial charge in [0.25, 0.3) is 0 Å². The van der Waals surface area contributed by atoms with Crippen LogP contribution in [0.2, 0.25) is 0 Å². The van der Waals surface area contributed by atoms with Gasteiger partial charge in [-0.05, 0) is 31.3 Å². The van der Waals surface area contributed by atoms with Gasteiger partial charge in [-0.15, -0.1) is 0 Å². The summed E-state index contributed by atoms with van der Waals surface area (Å²) < 4.78 is 0. The van der Waals surface area contributed by atoms with Gasteiger partial charge in [0.1, 0.15) is 0 Å². The third kappa shape index (κ3) is 32.8. The molecule has 0 aromatic carbocycles. The van der Waals surface area contributed by atoms with Crippen molar-refractivity contribution < 1.29 is 15.0 Å². The Morgan fingerprint density at radius 2 is 0.956 bits per heavy atom. The molecule has 0 rings (SSSR count). The van der Waals surface area contributed by atoms with E-state index in [1.165, 1.54) is 173 Å². The van der Waals surface area contributed by atoms with E-state index in [0.29, 0.717) is 12.5 Å². The third-order valence-corrected chi connectivity index (χ3v) is 9.63. The lowest BCUT2D eigenvalue weighted by Crippen LogP contribution is -2.39. The monoisotopic (exact) mass is 636 g/mol. The molecule has 0 saturated heterocycles. The number of carbonyl (C=O) groups is 1. The normalized spacial score (nSPS) is 13.1. The number of rotatable bonds is 36. The number of amides is 1. The van der Waals surface area contributed by atoms with E-state index in [0.717, 1.165) is 19.3 Å². The Hall–Kier alpha value is -0.870. The van der Waals surface area contributed by atoms with Crippen molar-refractivity contribution in [1.82, 2.24) is 4.90 Å². The predicted molar refractivity (Wildman–Crippen MR) is 198 cm³/mol. The van der Waals surface area contributed by atoms with Crippen LogP contribution in [0.1, 0.15) is 213 Å². The van der Waals surface area contributed by atoms with E-state index in [1.807, 2.05) is 6.08 Å². The summed E-state index contributed by atoms with van der Waals surface area (Å²) in [5.41, 5.74) is 0. The highest BCUT2D eigenvalue weighted by molar-refractivity contribution is 5.87. The minimum atomic E-state index is -0.871. The second-order valence-electron chi connectivity index (χ2n) is 14.3. The van der Waals surface area contributed by atoms with Crippen LogP contribution in [0.4, 0.5) is 0 Å². The van der Waals surface area contributed by atoms with Gasteiger partial charge < -0.3 is 15.1 Å². The average molecular weight is 636 g/mol. The van der Waals surface area contributed by atoms with Gasteiger partial charge in [0.05, 0.1) is 12.7 Å². The summed E-state index contributed by atoms with van der Waals surface area (Å²) in [5.74, 6) is 0.542. The Kier molecular flexibility index (Phi) is 35.3. The highest BCUT2D eigenvalue weighted by atomic mass is 16.3. The van der Waals surface area contributed by atoms with Crippen LogP contribution in [0.5, 0.6) is 0 Å². The SMILES string of the molecule is CCCCCCCCCCCCCCCCCCCC=CC(=O)N(CCC(C)CCCCCCCCCCCC)CC(O)CO. The van der Waals surface area contributed by atoms with Crippen molar-refractivity contribution in [2.75, 3.05) is 19.7 Å². The molecule has 2 N–H and O–H groups in total. The van der Waals surface area contributed by atoms with E-state index in [4.69, 9.17) is 0 Å². The van der Waals surface area contributed by atoms with Crippen molar-refractivity contribution >= 4 is 5.91 Å². The molecule has 1 amide bonds. The second-order valence-corrected chi connectivity index (χ2v) is 14.3. The van der Waals surface area contributed by atoms with E-state index in [2.05, 4.69) is 20.8 Å². The van der Waals surface area contributed by atoms with Crippen LogP contribution in [0.3, 0.4) is 0 Å². The fraction of sp³-hybridized carbons (Fsp3) is 0.927. The lowest BCUT2D eigenvalue weighted by Gasteiger charge is -2.25. The van der Waals surface area contributed by atoms with Crippen LogP contribution < -0.4 is 0 Å². The summed E-state index contributed by atoms with van der Waals surface area (Å²) in [6.45, 7) is 7.40. The van der Waals surface area contributed by atoms with Gasteiger partial charge in [-0.3, -0.25) is 4.79 Å². The van der Waals surface area contributed by atoms with Crippen molar-refractivity contribution in [3.05, 3.63) is 12.2 Å². The molecule has 2 atom stereocenters. The molecule has 4 nitrogen and oxygen atoms in total. The summed E-state index contributed by atoms with van der Waals surface area (Å²) in [7, 11) is 0. The molecule has 0 aromatic rings. The number of carbonyl (C=O) groups excluding carboxylic acids is 1. The van der Waals surface area contributed by atoms with E-state index >= 15 is 0 Å². The van der Waals surface area contributed by atoms with Crippen molar-refractivity contribution in [2.24, 2.45) is 5.92 Å². The number of allylic oxidation sites excluding steroid dienone is 1. The van der Waals surface area contributed by atoms with Crippen LogP contribution >= 0.6 is 0 Å². The molecule has 0 aliphatic carbocycles. The Balaban J connectivity index is 3.86. The van der Waals surface area contributed by atoms with Gasteiger partial charge in [-0.25, -0.2) is 0 Å². The van der Waals surface area contributed by atoms with Gasteiger partial charge in [-0.1, -0.05) is 200 Å². The van der Waals surface area contributed by atoms with E-state index in [9.17, 15) is 15.0 Å². The Morgan fingerprint density at radius 1 is 0.578 bits per heavy atom. The number of aliphatic hydroxyl groups excluding tert-OH is 2. The standard InChI is InChI=1S/C41H81NO3/c1-4-6-8-10-12-14-16-17-18-19-20-21-22-23-24-26-28-30-32-34-41(45)42(37-40(44)38-43)36-35-39(3)33-31-29-27-25-15-13-11-9-7-5-2/h32,34,39-40,43-44H,4-31,33,35-38H2,1-3H3. The molecule has 2 unspecified atom stereocenters. The lowest BCUT2D eigenvalue weighted by molar-refractivity contribution is -0.128. The third-order valence-electron chi connectivity index (χ3n) is 9.63. The Bertz CT molecular complexity index is 622. The number of aliphatic hydroxyl groups is 2. The quantitative estimate of drug-likeness (QED) is 0.0532. The van der Waals surface area contributed by atoms with Crippen molar-refractivity contribution in [3.8, 4) is 0 Å². The zero-order valence-corrected chi connectivity index (χ0v) is 30.9. The molecule has 0 spiro atoms. The van der Waals surface area contributed by atoms with Crippen LogP contribution in [-0.4, -0.2) is 46.8 Å². The Labute approximate surface area is 282 Å². The maximum atomic E-state index is 12.9. The number of unbranched alkanes of at least 4 members (excludes halogenated alkanes) is 26. The molecule has 0 saturated carbocycles. The van der Waals surface area contributed by atoms with Gasteiger partial charge >= 0.3 is 0 Å². The van der Waals surface area contributed by atoms with E-state index < -0.39 is 6.10 Å². The molecule has 45 heavy (non-hydrogen) atoms. The highest BCUT2D eigenvalue weighted by Crippen LogP contribution is 2.17. The van der Waals surface area contributed by atoms with Crippen LogP contribution in [0.25, 0.3) is 0 Å². The van der Waals surface area contributed by atoms with Gasteiger partial charge in [0.2, 0.25) is 5.91 Å². The lowest BCUT2D eigenvalue weighted by atomic mass is 9.98. The molecule has 0 heterocycles. The smallest absolute Gasteiger partial charge is 0.246 e. The molecule has 0 aromatic heterocycles. The molecular formula is C41H81NO3. The molecule has 0 radical (unpaired) electrons. The minimum Gasteiger partial charge on any atom is -0.394 e. The zero-order chi connectivity index (χ0) is 33.1. The average Bonchev–Trinajstić information content (AvgIpc) is 3.04. The number of hydrogen-bond acceptors (Lipinski definition) is 3. The molecule has 0 aliphatic heterocycles. The first-order valence-corrected chi connectivity index (χ1v) is 20.3. The van der Waals surface area contributed by atoms with Gasteiger partial charge in [0, 0.05) is 13.1 Å². The fourth-order valence-corrected chi connectivity index (χ4v) is 6.38. The number of nitrogens with zero attached hydrogens (tertiary/aromatic N) is 1. The topological polar surface area (TPSA) is 60.8 Å². The molecular weight excluding hydrogens is 554 g/mol. The second kappa shape index (κ2) is 36.0. The number of hydrogen-bond donors (Lipinski definition) is 2. The predicted octanol–water partition coefficient (Wildman–Crippen LogP) is 12.1. The Morgan fingerprint density at radius 3 is 1.36 bits per heavy atom. The van der Waals surface area contributed by atoms with E-state index in [-0.39, 0.29) is 19.1 Å². The van der Waals surface area contributed by atoms with Gasteiger partial charge in [0.15, 0.2) is 0 Å². The highest BCUT2D eigenvalue weighted by Gasteiger charge is 2.16. The van der Waals surface area contributed by atoms with Crippen LogP contribution in [-0.2, 0) is 4.79 Å². The summed E-state index contributed by atoms with van der Waals surface area (Å²) in [6.07, 6.45) is 42.9. The summed E-state index contributed by atoms with van der Waals surface area (Å²) in [5, 5.41) is 19.4. The maximum Gasteiger partial charge on any atom is 0.246 e. The molecule has 4 heteroatoms. The van der Waals surface area contributed by atoms with Crippen LogP contribution in [0, 0.1) is 5.92 Å². The molecule has 0 aliphatic rings.